The van der Waals surface area contributed by atoms with Gasteiger partial charge in [0, 0.05) is 10.1 Å². The summed E-state index contributed by atoms with van der Waals surface area (Å²) >= 11 is 7.72. The highest BCUT2D eigenvalue weighted by atomic mass is 35.5. The molecule has 1 atom stereocenters. The summed E-state index contributed by atoms with van der Waals surface area (Å²) in [5.41, 5.74) is 6.58. The van der Waals surface area contributed by atoms with Crippen molar-refractivity contribution in [3.05, 3.63) is 23.2 Å². The van der Waals surface area contributed by atoms with Gasteiger partial charge in [-0.15, -0.1) is 11.8 Å². The number of halogens is 1. The lowest BCUT2D eigenvalue weighted by molar-refractivity contribution is 0.642. The number of hydrogen-bond donors (Lipinski definition) is 1. The fraction of sp³-hybridized carbons (Fsp3) is 0.455. The second kappa shape index (κ2) is 4.94. The molecule has 0 heterocycles. The summed E-state index contributed by atoms with van der Waals surface area (Å²) in [6, 6.07) is 5.78. The van der Waals surface area contributed by atoms with Crippen molar-refractivity contribution in [1.82, 2.24) is 0 Å². The van der Waals surface area contributed by atoms with Gasteiger partial charge in [-0.25, -0.2) is 0 Å². The lowest BCUT2D eigenvalue weighted by atomic mass is 10.2. The highest BCUT2D eigenvalue weighted by Crippen LogP contribution is 2.35. The zero-order valence-corrected chi connectivity index (χ0v) is 10.3. The summed E-state index contributed by atoms with van der Waals surface area (Å²) in [6.07, 6.45) is 0. The van der Waals surface area contributed by atoms with E-state index in [-0.39, 0.29) is 0 Å². The fourth-order valence-electron chi connectivity index (χ4n) is 0.956. The van der Waals surface area contributed by atoms with Crippen LogP contribution in [-0.4, -0.2) is 5.25 Å². The van der Waals surface area contributed by atoms with Crippen molar-refractivity contribution in [2.45, 2.75) is 30.9 Å². The van der Waals surface area contributed by atoms with E-state index < -0.39 is 0 Å². The monoisotopic (exact) mass is 229 g/mol. The van der Waals surface area contributed by atoms with Gasteiger partial charge in [-0.05, 0) is 18.1 Å². The Morgan fingerprint density at radius 1 is 1.29 bits per heavy atom. The van der Waals surface area contributed by atoms with Crippen molar-refractivity contribution in [1.29, 1.82) is 0 Å². The van der Waals surface area contributed by atoms with Crippen LogP contribution in [0.2, 0.25) is 5.02 Å². The summed E-state index contributed by atoms with van der Waals surface area (Å²) in [4.78, 5) is 1.08. The van der Waals surface area contributed by atoms with Crippen molar-refractivity contribution in [2.24, 2.45) is 5.92 Å². The number of nitrogens with two attached hydrogens (primary N) is 1. The highest BCUT2D eigenvalue weighted by molar-refractivity contribution is 8.00. The molecule has 78 valence electrons. The first-order valence-electron chi connectivity index (χ1n) is 4.73. The number of thioether (sulfide) groups is 1. The van der Waals surface area contributed by atoms with E-state index in [1.54, 1.807) is 11.8 Å². The van der Waals surface area contributed by atoms with E-state index in [1.807, 2.05) is 18.2 Å². The molecular weight excluding hydrogens is 214 g/mol. The van der Waals surface area contributed by atoms with Gasteiger partial charge in [-0.3, -0.25) is 0 Å². The molecule has 1 nitrogen and oxygen atoms in total. The summed E-state index contributed by atoms with van der Waals surface area (Å²) in [7, 11) is 0. The average Bonchev–Trinajstić information content (AvgIpc) is 2.12. The van der Waals surface area contributed by atoms with E-state index in [1.165, 1.54) is 0 Å². The van der Waals surface area contributed by atoms with Crippen molar-refractivity contribution >= 4 is 29.1 Å². The van der Waals surface area contributed by atoms with Gasteiger partial charge in [-0.2, -0.15) is 0 Å². The Morgan fingerprint density at radius 2 is 1.93 bits per heavy atom. The third-order valence-corrected chi connectivity index (χ3v) is 4.12. The van der Waals surface area contributed by atoms with Crippen molar-refractivity contribution < 1.29 is 0 Å². The van der Waals surface area contributed by atoms with Crippen LogP contribution in [0.5, 0.6) is 0 Å². The van der Waals surface area contributed by atoms with Crippen LogP contribution in [0.3, 0.4) is 0 Å². The van der Waals surface area contributed by atoms with Gasteiger partial charge in [-0.1, -0.05) is 38.4 Å². The predicted molar refractivity (Wildman–Crippen MR) is 66.0 cm³/mol. The Balaban J connectivity index is 2.82. The molecule has 1 aromatic carbocycles. The maximum atomic E-state index is 5.94. The fourth-order valence-corrected chi connectivity index (χ4v) is 2.25. The van der Waals surface area contributed by atoms with Crippen LogP contribution < -0.4 is 5.73 Å². The normalized spacial score (nSPS) is 13.2. The topological polar surface area (TPSA) is 26.0 Å². The minimum absolute atomic E-state index is 0.552. The van der Waals surface area contributed by atoms with Crippen LogP contribution in [0.15, 0.2) is 23.1 Å². The molecule has 3 heteroatoms. The molecule has 0 saturated heterocycles. The van der Waals surface area contributed by atoms with Gasteiger partial charge >= 0.3 is 0 Å². The number of rotatable bonds is 3. The first kappa shape index (κ1) is 11.7. The van der Waals surface area contributed by atoms with E-state index in [2.05, 4.69) is 20.8 Å². The zero-order chi connectivity index (χ0) is 10.7. The molecule has 0 amide bonds. The first-order valence-corrected chi connectivity index (χ1v) is 5.98. The molecule has 1 rings (SSSR count). The number of para-hydroxylation sites is 1. The molecule has 0 aromatic heterocycles. The Hall–Kier alpha value is -0.340. The van der Waals surface area contributed by atoms with Crippen LogP contribution in [0.25, 0.3) is 0 Å². The van der Waals surface area contributed by atoms with Crippen molar-refractivity contribution in [2.75, 3.05) is 5.73 Å². The third-order valence-electron chi connectivity index (χ3n) is 2.26. The maximum Gasteiger partial charge on any atom is 0.0646 e. The zero-order valence-electron chi connectivity index (χ0n) is 8.75. The summed E-state index contributed by atoms with van der Waals surface area (Å²) < 4.78 is 0. The van der Waals surface area contributed by atoms with Crippen LogP contribution in [0.1, 0.15) is 20.8 Å². The molecule has 14 heavy (non-hydrogen) atoms. The van der Waals surface area contributed by atoms with Crippen LogP contribution >= 0.6 is 23.4 Å². The highest BCUT2D eigenvalue weighted by Gasteiger charge is 2.11. The molecule has 1 unspecified atom stereocenters. The smallest absolute Gasteiger partial charge is 0.0646 e. The van der Waals surface area contributed by atoms with E-state index in [0.717, 1.165) is 4.90 Å². The Kier molecular flexibility index (Phi) is 4.14. The quantitative estimate of drug-likeness (QED) is 0.625. The van der Waals surface area contributed by atoms with Gasteiger partial charge in [0.25, 0.3) is 0 Å². The van der Waals surface area contributed by atoms with Crippen LogP contribution in [-0.2, 0) is 0 Å². The SMILES string of the molecule is CC(C)C(C)Sc1cccc(Cl)c1N. The molecule has 2 N–H and O–H groups in total. The van der Waals surface area contributed by atoms with Gasteiger partial charge in [0.15, 0.2) is 0 Å². The van der Waals surface area contributed by atoms with E-state index in [4.69, 9.17) is 17.3 Å². The first-order chi connectivity index (χ1) is 6.52. The number of anilines is 1. The van der Waals surface area contributed by atoms with Crippen LogP contribution in [0.4, 0.5) is 5.69 Å². The molecule has 0 saturated carbocycles. The molecule has 0 aliphatic rings. The third kappa shape index (κ3) is 2.82. The summed E-state index contributed by atoms with van der Waals surface area (Å²) in [6.45, 7) is 6.62. The molecule has 0 aliphatic heterocycles. The van der Waals surface area contributed by atoms with Crippen molar-refractivity contribution in [3.8, 4) is 0 Å². The van der Waals surface area contributed by atoms with Gasteiger partial charge < -0.3 is 5.73 Å². The predicted octanol–water partition coefficient (Wildman–Crippen LogP) is 4.06. The molecule has 0 radical (unpaired) electrons. The summed E-state index contributed by atoms with van der Waals surface area (Å²) in [5.74, 6) is 0.637. The molecule has 0 spiro atoms. The van der Waals surface area contributed by atoms with Gasteiger partial charge in [0.2, 0.25) is 0 Å². The Morgan fingerprint density at radius 3 is 2.50 bits per heavy atom. The minimum Gasteiger partial charge on any atom is -0.397 e. The van der Waals surface area contributed by atoms with Crippen molar-refractivity contribution in [3.63, 3.8) is 0 Å². The van der Waals surface area contributed by atoms with Crippen LogP contribution in [0, 0.1) is 5.92 Å². The Labute approximate surface area is 95.0 Å². The molecule has 0 aliphatic carbocycles. The van der Waals surface area contributed by atoms with E-state index in [0.29, 0.717) is 21.9 Å². The lowest BCUT2D eigenvalue weighted by Crippen LogP contribution is -2.06. The number of benzene rings is 1. The lowest BCUT2D eigenvalue weighted by Gasteiger charge is -2.16. The van der Waals surface area contributed by atoms with E-state index in [9.17, 15) is 0 Å². The number of hydrogen-bond acceptors (Lipinski definition) is 2. The van der Waals surface area contributed by atoms with Gasteiger partial charge in [0.1, 0.15) is 0 Å². The molecular formula is C11H16ClNS. The summed E-state index contributed by atoms with van der Waals surface area (Å²) in [5, 5.41) is 1.20. The standard InChI is InChI=1S/C11H16ClNS/c1-7(2)8(3)14-10-6-4-5-9(12)11(10)13/h4-8H,13H2,1-3H3. The second-order valence-corrected chi connectivity index (χ2v) is 5.54. The molecule has 0 fully saturated rings. The maximum absolute atomic E-state index is 5.94. The average molecular weight is 230 g/mol. The van der Waals surface area contributed by atoms with E-state index >= 15 is 0 Å². The minimum atomic E-state index is 0.552. The van der Waals surface area contributed by atoms with Gasteiger partial charge in [0.05, 0.1) is 10.7 Å². The molecule has 1 aromatic rings. The number of nitrogen functional groups attached to an aromatic ring is 1. The largest absolute Gasteiger partial charge is 0.397 e. The second-order valence-electron chi connectivity index (χ2n) is 3.72. The Bertz CT molecular complexity index is 312. The molecule has 0 bridgehead atoms.